The third kappa shape index (κ3) is 5.07. The monoisotopic (exact) mass is 308 g/mol. The molecule has 1 atom stereocenters. The van der Waals surface area contributed by atoms with E-state index in [1.807, 2.05) is 4.90 Å². The summed E-state index contributed by atoms with van der Waals surface area (Å²) >= 11 is 0. The van der Waals surface area contributed by atoms with Crippen LogP contribution in [0.3, 0.4) is 0 Å². The van der Waals surface area contributed by atoms with Gasteiger partial charge in [0.1, 0.15) is 11.9 Å². The molecule has 0 aromatic heterocycles. The number of nitrogens with two attached hydrogens (primary N) is 1. The molecule has 1 aromatic carbocycles. The number of benzene rings is 1. The summed E-state index contributed by atoms with van der Waals surface area (Å²) in [4.78, 5) is 14.1. The summed E-state index contributed by atoms with van der Waals surface area (Å²) in [7, 11) is 0. The van der Waals surface area contributed by atoms with E-state index in [0.717, 1.165) is 37.8 Å². The van der Waals surface area contributed by atoms with Gasteiger partial charge in [-0.05, 0) is 37.1 Å². The zero-order valence-corrected chi connectivity index (χ0v) is 13.0. The molecular weight excluding hydrogens is 283 g/mol. The molecule has 1 heterocycles. The number of hydrogen-bond donors (Lipinski definition) is 1. The molecule has 4 nitrogen and oxygen atoms in total. The zero-order valence-electron chi connectivity index (χ0n) is 13.0. The van der Waals surface area contributed by atoms with Gasteiger partial charge in [-0.15, -0.1) is 0 Å². The number of amides is 1. The third-order valence-electron chi connectivity index (χ3n) is 4.01. The van der Waals surface area contributed by atoms with Gasteiger partial charge < -0.3 is 15.4 Å². The van der Waals surface area contributed by atoms with Crippen molar-refractivity contribution in [1.29, 1.82) is 0 Å². The summed E-state index contributed by atoms with van der Waals surface area (Å²) in [5, 5.41) is 0. The van der Waals surface area contributed by atoms with E-state index in [0.29, 0.717) is 26.1 Å². The molecule has 122 valence electrons. The average Bonchev–Trinajstić information content (AvgIpc) is 2.55. The van der Waals surface area contributed by atoms with Crippen LogP contribution in [0.1, 0.15) is 43.8 Å². The van der Waals surface area contributed by atoms with E-state index in [1.54, 1.807) is 12.1 Å². The number of rotatable bonds is 7. The van der Waals surface area contributed by atoms with Gasteiger partial charge in [0.05, 0.1) is 13.2 Å². The number of nitrogens with zero attached hydrogens (tertiary/aromatic N) is 1. The first-order chi connectivity index (χ1) is 10.7. The molecule has 1 aromatic rings. The molecule has 1 fully saturated rings. The number of carbonyl (C=O) groups excluding carboxylic acids is 1. The Balaban J connectivity index is 1.79. The second kappa shape index (κ2) is 8.86. The van der Waals surface area contributed by atoms with Gasteiger partial charge in [0.25, 0.3) is 0 Å². The molecule has 2 N–H and O–H groups in total. The Bertz CT molecular complexity index is 464. The van der Waals surface area contributed by atoms with E-state index in [4.69, 9.17) is 10.5 Å². The fraction of sp³-hybridized carbons (Fsp3) is 0.588. The first-order valence-corrected chi connectivity index (χ1v) is 8.05. The summed E-state index contributed by atoms with van der Waals surface area (Å²) in [5.74, 6) is -0.0758. The van der Waals surface area contributed by atoms with Crippen molar-refractivity contribution in [2.45, 2.75) is 38.2 Å². The fourth-order valence-electron chi connectivity index (χ4n) is 2.69. The van der Waals surface area contributed by atoms with Crippen molar-refractivity contribution in [3.05, 3.63) is 35.6 Å². The lowest BCUT2D eigenvalue weighted by molar-refractivity contribution is -0.139. The molecule has 0 radical (unpaired) electrons. The van der Waals surface area contributed by atoms with Crippen LogP contribution in [0.25, 0.3) is 0 Å². The first-order valence-electron chi connectivity index (χ1n) is 8.05. The summed E-state index contributed by atoms with van der Waals surface area (Å²) in [5.41, 5.74) is 6.37. The Hall–Kier alpha value is -1.46. The molecule has 2 rings (SSSR count). The third-order valence-corrected chi connectivity index (χ3v) is 4.01. The summed E-state index contributed by atoms with van der Waals surface area (Å²) in [6.07, 6.45) is 4.51. The van der Waals surface area contributed by atoms with Crippen molar-refractivity contribution in [1.82, 2.24) is 4.90 Å². The second-order valence-electron chi connectivity index (χ2n) is 5.70. The lowest BCUT2D eigenvalue weighted by atomic mass is 10.1. The summed E-state index contributed by atoms with van der Waals surface area (Å²) < 4.78 is 18.7. The molecule has 5 heteroatoms. The maximum absolute atomic E-state index is 13.0. The average molecular weight is 308 g/mol. The van der Waals surface area contributed by atoms with Gasteiger partial charge in [0, 0.05) is 13.0 Å². The standard InChI is InChI=1S/C17H25FN2O2/c18-15-8-6-14(7-9-15)16-13-20(11-12-22-16)17(21)5-3-1-2-4-10-19/h6-9,16H,1-5,10-13,19H2. The Morgan fingerprint density at radius 1 is 1.23 bits per heavy atom. The van der Waals surface area contributed by atoms with Crippen molar-refractivity contribution in [2.75, 3.05) is 26.2 Å². The number of unbranched alkanes of at least 4 members (excludes halogenated alkanes) is 3. The molecule has 22 heavy (non-hydrogen) atoms. The molecule has 1 amide bonds. The van der Waals surface area contributed by atoms with E-state index in [2.05, 4.69) is 0 Å². The Morgan fingerprint density at radius 3 is 2.68 bits per heavy atom. The molecule has 1 aliphatic heterocycles. The highest BCUT2D eigenvalue weighted by Gasteiger charge is 2.24. The largest absolute Gasteiger partial charge is 0.370 e. The summed E-state index contributed by atoms with van der Waals surface area (Å²) in [6.45, 7) is 2.43. The highest BCUT2D eigenvalue weighted by Crippen LogP contribution is 2.23. The molecule has 0 bridgehead atoms. The lowest BCUT2D eigenvalue weighted by Gasteiger charge is -2.33. The van der Waals surface area contributed by atoms with Gasteiger partial charge in [-0.25, -0.2) is 4.39 Å². The van der Waals surface area contributed by atoms with Crippen LogP contribution in [0.15, 0.2) is 24.3 Å². The molecule has 0 spiro atoms. The van der Waals surface area contributed by atoms with Crippen LogP contribution in [0.4, 0.5) is 4.39 Å². The highest BCUT2D eigenvalue weighted by atomic mass is 19.1. The molecule has 0 aliphatic carbocycles. The predicted molar refractivity (Wildman–Crippen MR) is 83.8 cm³/mol. The molecule has 1 saturated heterocycles. The second-order valence-corrected chi connectivity index (χ2v) is 5.70. The zero-order chi connectivity index (χ0) is 15.8. The minimum atomic E-state index is -0.259. The van der Waals surface area contributed by atoms with Crippen LogP contribution in [0, 0.1) is 5.82 Å². The van der Waals surface area contributed by atoms with Gasteiger partial charge in [0.15, 0.2) is 0 Å². The van der Waals surface area contributed by atoms with Crippen LogP contribution in [0.2, 0.25) is 0 Å². The molecule has 1 unspecified atom stereocenters. The quantitative estimate of drug-likeness (QED) is 0.788. The van der Waals surface area contributed by atoms with Gasteiger partial charge in [-0.3, -0.25) is 4.79 Å². The molecule has 1 aliphatic rings. The van der Waals surface area contributed by atoms with E-state index < -0.39 is 0 Å². The van der Waals surface area contributed by atoms with E-state index in [-0.39, 0.29) is 17.8 Å². The topological polar surface area (TPSA) is 55.6 Å². The number of hydrogen-bond acceptors (Lipinski definition) is 3. The van der Waals surface area contributed by atoms with Crippen molar-refractivity contribution >= 4 is 5.91 Å². The van der Waals surface area contributed by atoms with Crippen LogP contribution in [0.5, 0.6) is 0 Å². The first kappa shape index (κ1) is 16.9. The maximum atomic E-state index is 13.0. The summed E-state index contributed by atoms with van der Waals surface area (Å²) in [6, 6.07) is 6.30. The van der Waals surface area contributed by atoms with Crippen molar-refractivity contribution in [2.24, 2.45) is 5.73 Å². The number of halogens is 1. The Labute approximate surface area is 131 Å². The van der Waals surface area contributed by atoms with Gasteiger partial charge >= 0.3 is 0 Å². The smallest absolute Gasteiger partial charge is 0.222 e. The molecule has 0 saturated carbocycles. The minimum Gasteiger partial charge on any atom is -0.370 e. The Kier molecular flexibility index (Phi) is 6.80. The van der Waals surface area contributed by atoms with Gasteiger partial charge in [-0.2, -0.15) is 0 Å². The normalized spacial score (nSPS) is 18.5. The fourth-order valence-corrected chi connectivity index (χ4v) is 2.69. The van der Waals surface area contributed by atoms with Crippen molar-refractivity contribution < 1.29 is 13.9 Å². The maximum Gasteiger partial charge on any atom is 0.222 e. The van der Waals surface area contributed by atoms with Gasteiger partial charge in [-0.1, -0.05) is 25.0 Å². The minimum absolute atomic E-state index is 0.157. The SMILES string of the molecule is NCCCCCCC(=O)N1CCOC(c2ccc(F)cc2)C1. The van der Waals surface area contributed by atoms with E-state index >= 15 is 0 Å². The van der Waals surface area contributed by atoms with E-state index in [1.165, 1.54) is 12.1 Å². The number of morpholine rings is 1. The number of carbonyl (C=O) groups is 1. The van der Waals surface area contributed by atoms with E-state index in [9.17, 15) is 9.18 Å². The van der Waals surface area contributed by atoms with Crippen LogP contribution in [-0.2, 0) is 9.53 Å². The van der Waals surface area contributed by atoms with Crippen LogP contribution >= 0.6 is 0 Å². The Morgan fingerprint density at radius 2 is 1.95 bits per heavy atom. The molecular formula is C17H25FN2O2. The predicted octanol–water partition coefficient (Wildman–Crippen LogP) is 2.63. The lowest BCUT2D eigenvalue weighted by Crippen LogP contribution is -2.42. The van der Waals surface area contributed by atoms with Crippen molar-refractivity contribution in [3.63, 3.8) is 0 Å². The van der Waals surface area contributed by atoms with Crippen LogP contribution in [-0.4, -0.2) is 37.0 Å². The van der Waals surface area contributed by atoms with Gasteiger partial charge in [0.2, 0.25) is 5.91 Å². The number of ether oxygens (including phenoxy) is 1. The highest BCUT2D eigenvalue weighted by molar-refractivity contribution is 5.76. The van der Waals surface area contributed by atoms with Crippen molar-refractivity contribution in [3.8, 4) is 0 Å². The van der Waals surface area contributed by atoms with Crippen LogP contribution < -0.4 is 5.73 Å².